The first-order valence-electron chi connectivity index (χ1n) is 2.74. The third kappa shape index (κ3) is 1.52. The van der Waals surface area contributed by atoms with E-state index in [2.05, 4.69) is 6.58 Å². The molecule has 1 heterocycles. The van der Waals surface area contributed by atoms with Gasteiger partial charge in [0.15, 0.2) is 0 Å². The Kier molecular flexibility index (Phi) is 2.35. The monoisotopic (exact) mass is 174 g/mol. The van der Waals surface area contributed by atoms with E-state index in [-0.39, 0.29) is 0 Å². The lowest BCUT2D eigenvalue weighted by Crippen LogP contribution is -1.87. The van der Waals surface area contributed by atoms with E-state index in [1.54, 1.807) is 0 Å². The molecule has 0 saturated carbocycles. The highest BCUT2D eigenvalue weighted by atomic mass is 35.5. The highest BCUT2D eigenvalue weighted by Crippen LogP contribution is 2.40. The zero-order valence-corrected chi connectivity index (χ0v) is 6.90. The van der Waals surface area contributed by atoms with E-state index in [0.717, 1.165) is 0 Å². The normalized spacial score (nSPS) is 17.9. The van der Waals surface area contributed by atoms with Crippen LogP contribution >= 0.6 is 22.5 Å². The molecule has 10 heavy (non-hydrogen) atoms. The zero-order chi connectivity index (χ0) is 7.56. The van der Waals surface area contributed by atoms with E-state index >= 15 is 0 Å². The molecule has 1 aliphatic rings. The quantitative estimate of drug-likeness (QED) is 0.386. The number of carbonyl (C=O) groups is 1. The summed E-state index contributed by atoms with van der Waals surface area (Å²) in [7, 11) is -0.583. The summed E-state index contributed by atoms with van der Waals surface area (Å²) in [4.78, 5) is 11.0. The van der Waals surface area contributed by atoms with E-state index in [1.165, 1.54) is 0 Å². The first kappa shape index (κ1) is 7.63. The van der Waals surface area contributed by atoms with Crippen molar-refractivity contribution in [2.24, 2.45) is 0 Å². The second kappa shape index (κ2) is 3.08. The Bertz CT molecular complexity index is 218. The fourth-order valence-corrected chi connectivity index (χ4v) is 2.14. The van der Waals surface area contributed by atoms with Gasteiger partial charge in [-0.3, -0.25) is 4.79 Å². The molecule has 0 aromatic heterocycles. The van der Waals surface area contributed by atoms with E-state index in [1.807, 2.05) is 23.0 Å². The Morgan fingerprint density at radius 3 is 2.30 bits per heavy atom. The Morgan fingerprint density at radius 2 is 1.90 bits per heavy atom. The van der Waals surface area contributed by atoms with Gasteiger partial charge in [-0.25, -0.2) is 0 Å². The molecule has 1 rings (SSSR count). The lowest BCUT2D eigenvalue weighted by atomic mass is 10.6. The molecule has 0 aromatic carbocycles. The minimum absolute atomic E-state index is 0.428. The Hall–Kier alpha value is -0.470. The van der Waals surface area contributed by atoms with Crippen LogP contribution in [0.1, 0.15) is 0 Å². The van der Waals surface area contributed by atoms with Gasteiger partial charge in [-0.05, 0) is 22.4 Å². The van der Waals surface area contributed by atoms with Crippen molar-refractivity contribution in [3.63, 3.8) is 0 Å². The van der Waals surface area contributed by atoms with Crippen molar-refractivity contribution < 1.29 is 4.79 Å². The van der Waals surface area contributed by atoms with Gasteiger partial charge in [0.05, 0.1) is 0 Å². The molecule has 0 unspecified atom stereocenters. The standard InChI is InChI=1S/C7H7ClOS/c1-6(7(8)9)10-4-2-3-5-10/h2-5,10H,1H2. The van der Waals surface area contributed by atoms with Crippen LogP contribution in [0.2, 0.25) is 0 Å². The SMILES string of the molecule is C=C(C(=O)Cl)[SH]1C=CC=C1. The summed E-state index contributed by atoms with van der Waals surface area (Å²) in [6.07, 6.45) is 3.80. The van der Waals surface area contributed by atoms with Gasteiger partial charge in [0.25, 0.3) is 5.24 Å². The van der Waals surface area contributed by atoms with Crippen LogP contribution in [0, 0.1) is 0 Å². The van der Waals surface area contributed by atoms with Crippen LogP contribution < -0.4 is 0 Å². The van der Waals surface area contributed by atoms with Crippen molar-refractivity contribution in [2.75, 3.05) is 0 Å². The molecule has 0 radical (unpaired) electrons. The van der Waals surface area contributed by atoms with Crippen LogP contribution in [0.4, 0.5) is 0 Å². The number of hydrogen-bond acceptors (Lipinski definition) is 1. The first-order chi connectivity index (χ1) is 4.72. The predicted octanol–water partition coefficient (Wildman–Crippen LogP) is 2.31. The number of hydrogen-bond donors (Lipinski definition) is 1. The van der Waals surface area contributed by atoms with Gasteiger partial charge >= 0.3 is 0 Å². The van der Waals surface area contributed by atoms with Gasteiger partial charge in [0.2, 0.25) is 0 Å². The van der Waals surface area contributed by atoms with Crippen molar-refractivity contribution >= 4 is 27.7 Å². The zero-order valence-electron chi connectivity index (χ0n) is 5.25. The number of halogens is 1. The minimum Gasteiger partial charge on any atom is -0.275 e. The predicted molar refractivity (Wildman–Crippen MR) is 47.3 cm³/mol. The summed E-state index contributed by atoms with van der Waals surface area (Å²) in [5.41, 5.74) is 0. The smallest absolute Gasteiger partial charge is 0.257 e. The van der Waals surface area contributed by atoms with Crippen molar-refractivity contribution in [1.82, 2.24) is 0 Å². The average Bonchev–Trinajstić information content (AvgIpc) is 2.36. The highest BCUT2D eigenvalue weighted by molar-refractivity contribution is 8.26. The summed E-state index contributed by atoms with van der Waals surface area (Å²) < 4.78 is 0. The molecule has 54 valence electrons. The van der Waals surface area contributed by atoms with Crippen LogP contribution in [0.15, 0.2) is 34.5 Å². The fraction of sp³-hybridized carbons (Fsp3) is 0. The molecular formula is C7H7ClOS. The van der Waals surface area contributed by atoms with E-state index in [9.17, 15) is 4.79 Å². The third-order valence-corrected chi connectivity index (χ3v) is 3.32. The van der Waals surface area contributed by atoms with Gasteiger partial charge in [0, 0.05) is 4.91 Å². The van der Waals surface area contributed by atoms with Crippen LogP contribution in [0.3, 0.4) is 0 Å². The summed E-state index contributed by atoms with van der Waals surface area (Å²) in [6, 6.07) is 0. The Balaban J connectivity index is 2.67. The highest BCUT2D eigenvalue weighted by Gasteiger charge is 2.09. The number of rotatable bonds is 2. The molecule has 0 N–H and O–H groups in total. The Labute approximate surface area is 67.4 Å². The molecule has 1 aliphatic heterocycles. The second-order valence-corrected chi connectivity index (χ2v) is 4.10. The molecule has 0 amide bonds. The third-order valence-electron chi connectivity index (χ3n) is 1.14. The van der Waals surface area contributed by atoms with Crippen molar-refractivity contribution in [2.45, 2.75) is 0 Å². The molecule has 0 fully saturated rings. The maximum Gasteiger partial charge on any atom is 0.257 e. The van der Waals surface area contributed by atoms with Crippen molar-refractivity contribution in [3.05, 3.63) is 34.5 Å². The molecule has 1 nitrogen and oxygen atoms in total. The molecule has 0 aromatic rings. The van der Waals surface area contributed by atoms with E-state index in [0.29, 0.717) is 4.91 Å². The van der Waals surface area contributed by atoms with Crippen molar-refractivity contribution in [3.8, 4) is 0 Å². The van der Waals surface area contributed by atoms with E-state index in [4.69, 9.17) is 11.6 Å². The molecule has 0 aliphatic carbocycles. The van der Waals surface area contributed by atoms with Gasteiger partial charge in [-0.1, -0.05) is 18.7 Å². The van der Waals surface area contributed by atoms with E-state index < -0.39 is 16.1 Å². The van der Waals surface area contributed by atoms with Gasteiger partial charge in [0.1, 0.15) is 0 Å². The van der Waals surface area contributed by atoms with Gasteiger partial charge in [-0.2, -0.15) is 10.9 Å². The van der Waals surface area contributed by atoms with Gasteiger partial charge < -0.3 is 0 Å². The maximum atomic E-state index is 10.5. The molecule has 0 bridgehead atoms. The number of thiol groups is 1. The number of allylic oxidation sites excluding steroid dienone is 3. The summed E-state index contributed by atoms with van der Waals surface area (Å²) in [5.74, 6) is 0. The summed E-state index contributed by atoms with van der Waals surface area (Å²) >= 11 is 5.22. The maximum absolute atomic E-state index is 10.5. The average molecular weight is 175 g/mol. The topological polar surface area (TPSA) is 17.1 Å². The second-order valence-electron chi connectivity index (χ2n) is 1.81. The molecule has 3 heteroatoms. The Morgan fingerprint density at radius 1 is 1.40 bits per heavy atom. The lowest BCUT2D eigenvalue weighted by molar-refractivity contribution is -0.107. The summed E-state index contributed by atoms with van der Waals surface area (Å²) in [5, 5.41) is 3.46. The fourth-order valence-electron chi connectivity index (χ4n) is 0.616. The van der Waals surface area contributed by atoms with Crippen LogP contribution in [-0.4, -0.2) is 5.24 Å². The number of carbonyl (C=O) groups excluding carboxylic acids is 1. The molecular weight excluding hydrogens is 168 g/mol. The molecule has 0 spiro atoms. The largest absolute Gasteiger partial charge is 0.275 e. The van der Waals surface area contributed by atoms with Crippen molar-refractivity contribution in [1.29, 1.82) is 0 Å². The minimum atomic E-state index is -0.583. The van der Waals surface area contributed by atoms with Crippen LogP contribution in [-0.2, 0) is 4.79 Å². The lowest BCUT2D eigenvalue weighted by Gasteiger charge is -2.07. The molecule has 0 saturated heterocycles. The van der Waals surface area contributed by atoms with Crippen LogP contribution in [0.5, 0.6) is 0 Å². The van der Waals surface area contributed by atoms with Gasteiger partial charge in [-0.15, -0.1) is 0 Å². The van der Waals surface area contributed by atoms with Crippen LogP contribution in [0.25, 0.3) is 0 Å². The first-order valence-corrected chi connectivity index (χ1v) is 4.59. The molecule has 0 atom stereocenters. The summed E-state index contributed by atoms with van der Waals surface area (Å²) in [6.45, 7) is 3.58.